The highest BCUT2D eigenvalue weighted by Crippen LogP contribution is 2.22. The Kier molecular flexibility index (Phi) is 3.58. The van der Waals surface area contributed by atoms with E-state index in [4.69, 9.17) is 0 Å². The summed E-state index contributed by atoms with van der Waals surface area (Å²) < 4.78 is 0. The number of hydrogen-bond acceptors (Lipinski definition) is 1. The Morgan fingerprint density at radius 2 is 1.82 bits per heavy atom. The minimum Gasteiger partial charge on any atom is -0.294 e. The van der Waals surface area contributed by atoms with E-state index >= 15 is 0 Å². The molecule has 0 aromatic heterocycles. The van der Waals surface area contributed by atoms with Crippen LogP contribution in [0.4, 0.5) is 0 Å². The Bertz CT molecular complexity index is 523. The van der Waals surface area contributed by atoms with Crippen molar-refractivity contribution in [2.75, 3.05) is 0 Å². The second-order valence-corrected chi connectivity index (χ2v) is 4.58. The highest BCUT2D eigenvalue weighted by molar-refractivity contribution is 6.08. The number of Topliss-reactive ketones (excluding diaryl/α,β-unsaturated/α-hetero) is 1. The molecule has 0 amide bonds. The second-order valence-electron chi connectivity index (χ2n) is 4.58. The lowest BCUT2D eigenvalue weighted by atomic mass is 9.92. The first-order chi connectivity index (χ1) is 8.24. The van der Waals surface area contributed by atoms with Gasteiger partial charge >= 0.3 is 0 Å². The molecule has 0 aliphatic carbocycles. The zero-order chi connectivity index (χ0) is 12.3. The molecule has 0 saturated carbocycles. The van der Waals surface area contributed by atoms with E-state index in [9.17, 15) is 4.79 Å². The highest BCUT2D eigenvalue weighted by Gasteiger charge is 2.16. The SMILES string of the molecule is CCCC(C)C(=O)c1cccc2ccccc12. The molecule has 1 nitrogen and oxygen atoms in total. The van der Waals surface area contributed by atoms with Gasteiger partial charge in [-0.15, -0.1) is 0 Å². The van der Waals surface area contributed by atoms with Crippen LogP contribution in [0.15, 0.2) is 42.5 Å². The molecule has 0 saturated heterocycles. The van der Waals surface area contributed by atoms with Crippen LogP contribution in [0.3, 0.4) is 0 Å². The van der Waals surface area contributed by atoms with Gasteiger partial charge in [-0.3, -0.25) is 4.79 Å². The molecule has 0 bridgehead atoms. The summed E-state index contributed by atoms with van der Waals surface area (Å²) in [4.78, 5) is 12.3. The molecule has 2 rings (SSSR count). The van der Waals surface area contributed by atoms with Crippen LogP contribution in [0, 0.1) is 5.92 Å². The van der Waals surface area contributed by atoms with E-state index in [-0.39, 0.29) is 11.7 Å². The van der Waals surface area contributed by atoms with Crippen LogP contribution in [-0.4, -0.2) is 5.78 Å². The zero-order valence-electron chi connectivity index (χ0n) is 10.4. The van der Waals surface area contributed by atoms with E-state index in [1.54, 1.807) is 0 Å². The van der Waals surface area contributed by atoms with Gasteiger partial charge in [-0.1, -0.05) is 62.7 Å². The normalized spacial score (nSPS) is 12.6. The molecule has 1 atom stereocenters. The molecule has 0 aliphatic rings. The van der Waals surface area contributed by atoms with Crippen LogP contribution < -0.4 is 0 Å². The van der Waals surface area contributed by atoms with E-state index in [0.717, 1.165) is 29.2 Å². The summed E-state index contributed by atoms with van der Waals surface area (Å²) in [6.45, 7) is 4.14. The van der Waals surface area contributed by atoms with Gasteiger partial charge in [-0.05, 0) is 17.2 Å². The number of carbonyl (C=O) groups excluding carboxylic acids is 1. The Balaban J connectivity index is 2.45. The van der Waals surface area contributed by atoms with Crippen molar-refractivity contribution in [3.8, 4) is 0 Å². The summed E-state index contributed by atoms with van der Waals surface area (Å²) in [5, 5.41) is 2.21. The fraction of sp³-hybridized carbons (Fsp3) is 0.312. The lowest BCUT2D eigenvalue weighted by Gasteiger charge is -2.11. The lowest BCUT2D eigenvalue weighted by Crippen LogP contribution is -2.11. The van der Waals surface area contributed by atoms with Crippen LogP contribution in [0.1, 0.15) is 37.0 Å². The van der Waals surface area contributed by atoms with Gasteiger partial charge in [0, 0.05) is 11.5 Å². The average Bonchev–Trinajstić information content (AvgIpc) is 2.37. The third kappa shape index (κ3) is 2.38. The fourth-order valence-electron chi connectivity index (χ4n) is 2.27. The third-order valence-corrected chi connectivity index (χ3v) is 3.22. The minimum absolute atomic E-state index is 0.116. The van der Waals surface area contributed by atoms with Crippen molar-refractivity contribution < 1.29 is 4.79 Å². The van der Waals surface area contributed by atoms with Crippen molar-refractivity contribution >= 4 is 16.6 Å². The molecule has 17 heavy (non-hydrogen) atoms. The summed E-state index contributed by atoms with van der Waals surface area (Å²) >= 11 is 0. The van der Waals surface area contributed by atoms with E-state index in [0.29, 0.717) is 0 Å². The predicted octanol–water partition coefficient (Wildman–Crippen LogP) is 4.46. The summed E-state index contributed by atoms with van der Waals surface area (Å²) in [5.74, 6) is 0.384. The van der Waals surface area contributed by atoms with Crippen molar-refractivity contribution in [2.45, 2.75) is 26.7 Å². The van der Waals surface area contributed by atoms with Crippen LogP contribution in [0.5, 0.6) is 0 Å². The maximum atomic E-state index is 12.3. The molecule has 1 heteroatoms. The molecule has 0 N–H and O–H groups in total. The van der Waals surface area contributed by atoms with Gasteiger partial charge in [-0.25, -0.2) is 0 Å². The van der Waals surface area contributed by atoms with Crippen molar-refractivity contribution in [1.82, 2.24) is 0 Å². The molecule has 0 fully saturated rings. The zero-order valence-corrected chi connectivity index (χ0v) is 10.4. The van der Waals surface area contributed by atoms with Crippen molar-refractivity contribution in [1.29, 1.82) is 0 Å². The maximum absolute atomic E-state index is 12.3. The predicted molar refractivity (Wildman–Crippen MR) is 72.4 cm³/mol. The largest absolute Gasteiger partial charge is 0.294 e. The highest BCUT2D eigenvalue weighted by atomic mass is 16.1. The molecule has 0 radical (unpaired) electrons. The standard InChI is InChI=1S/C16H18O/c1-3-7-12(2)16(17)15-11-6-9-13-8-4-5-10-14(13)15/h4-6,8-12H,3,7H2,1-2H3. The molecular weight excluding hydrogens is 208 g/mol. The summed E-state index contributed by atoms with van der Waals surface area (Å²) in [7, 11) is 0. The quantitative estimate of drug-likeness (QED) is 0.703. The molecule has 0 aliphatic heterocycles. The number of carbonyl (C=O) groups is 1. The Morgan fingerprint density at radius 3 is 2.59 bits per heavy atom. The van der Waals surface area contributed by atoms with E-state index in [2.05, 4.69) is 19.1 Å². The van der Waals surface area contributed by atoms with Gasteiger partial charge in [0.15, 0.2) is 5.78 Å². The van der Waals surface area contributed by atoms with Crippen molar-refractivity contribution in [3.05, 3.63) is 48.0 Å². The third-order valence-electron chi connectivity index (χ3n) is 3.22. The van der Waals surface area contributed by atoms with E-state index in [1.807, 2.05) is 37.3 Å². The molecule has 2 aromatic rings. The Labute approximate surface area is 102 Å². The van der Waals surface area contributed by atoms with Gasteiger partial charge < -0.3 is 0 Å². The van der Waals surface area contributed by atoms with Gasteiger partial charge in [0.1, 0.15) is 0 Å². The van der Waals surface area contributed by atoms with Crippen molar-refractivity contribution in [3.63, 3.8) is 0 Å². The van der Waals surface area contributed by atoms with E-state index in [1.165, 1.54) is 0 Å². The van der Waals surface area contributed by atoms with Crippen LogP contribution in [0.2, 0.25) is 0 Å². The van der Waals surface area contributed by atoms with Crippen LogP contribution in [0.25, 0.3) is 10.8 Å². The first-order valence-electron chi connectivity index (χ1n) is 6.26. The van der Waals surface area contributed by atoms with E-state index < -0.39 is 0 Å². The van der Waals surface area contributed by atoms with Crippen LogP contribution in [-0.2, 0) is 0 Å². The topological polar surface area (TPSA) is 17.1 Å². The first-order valence-corrected chi connectivity index (χ1v) is 6.26. The fourth-order valence-corrected chi connectivity index (χ4v) is 2.27. The van der Waals surface area contributed by atoms with Gasteiger partial charge in [0.25, 0.3) is 0 Å². The number of benzene rings is 2. The van der Waals surface area contributed by atoms with Gasteiger partial charge in [0.05, 0.1) is 0 Å². The molecule has 88 valence electrons. The smallest absolute Gasteiger partial charge is 0.166 e. The molecule has 2 aromatic carbocycles. The number of hydrogen-bond donors (Lipinski definition) is 0. The summed E-state index contributed by atoms with van der Waals surface area (Å²) in [6, 6.07) is 14.0. The summed E-state index contributed by atoms with van der Waals surface area (Å²) in [5.41, 5.74) is 0.865. The monoisotopic (exact) mass is 226 g/mol. The minimum atomic E-state index is 0.116. The second kappa shape index (κ2) is 5.13. The molecule has 1 unspecified atom stereocenters. The maximum Gasteiger partial charge on any atom is 0.166 e. The average molecular weight is 226 g/mol. The number of ketones is 1. The van der Waals surface area contributed by atoms with Crippen LogP contribution >= 0.6 is 0 Å². The number of rotatable bonds is 4. The van der Waals surface area contributed by atoms with Gasteiger partial charge in [0.2, 0.25) is 0 Å². The molecular formula is C16H18O. The first kappa shape index (κ1) is 11.8. The van der Waals surface area contributed by atoms with Crippen molar-refractivity contribution in [2.24, 2.45) is 5.92 Å². The Morgan fingerprint density at radius 1 is 1.12 bits per heavy atom. The van der Waals surface area contributed by atoms with Gasteiger partial charge in [-0.2, -0.15) is 0 Å². The summed E-state index contributed by atoms with van der Waals surface area (Å²) in [6.07, 6.45) is 2.01. The Hall–Kier alpha value is -1.63. The molecule has 0 heterocycles. The number of fused-ring (bicyclic) bond motifs is 1. The lowest BCUT2D eigenvalue weighted by molar-refractivity contribution is 0.0925. The molecule has 0 spiro atoms.